The number of alkyl halides is 1. The molecule has 1 unspecified atom stereocenters. The summed E-state index contributed by atoms with van der Waals surface area (Å²) >= 11 is 17.7. The van der Waals surface area contributed by atoms with Crippen molar-refractivity contribution in [2.45, 2.75) is 26.1 Å². The average molecular weight is 364 g/mol. The molecule has 0 aliphatic carbocycles. The van der Waals surface area contributed by atoms with Crippen LogP contribution >= 0.6 is 50.5 Å². The zero-order valence-electron chi connectivity index (χ0n) is 10.4. The van der Waals surface area contributed by atoms with Crippen LogP contribution in [0.3, 0.4) is 0 Å². The van der Waals surface area contributed by atoms with Gasteiger partial charge in [0.25, 0.3) is 0 Å². The molecule has 0 amide bonds. The molecule has 2 aromatic rings. The van der Waals surface area contributed by atoms with Crippen molar-refractivity contribution < 1.29 is 0 Å². The van der Waals surface area contributed by atoms with Crippen LogP contribution in [0.1, 0.15) is 32.5 Å². The zero-order chi connectivity index (χ0) is 13.4. The predicted octanol–water partition coefficient (Wildman–Crippen LogP) is 6.42. The van der Waals surface area contributed by atoms with E-state index in [-0.39, 0.29) is 5.38 Å². The van der Waals surface area contributed by atoms with Gasteiger partial charge in [-0.1, -0.05) is 29.3 Å². The standard InChI is InChI=1S/C14H13BrCl2S/c1-7-4-8(2)12(9(3)5-7)13(17)11-6-10(16)14(15)18-11/h4-6,13H,1-3H3. The Kier molecular flexibility index (Phi) is 4.43. The fraction of sp³-hybridized carbons (Fsp3) is 0.286. The third-order valence-electron chi connectivity index (χ3n) is 2.91. The summed E-state index contributed by atoms with van der Waals surface area (Å²) in [5, 5.41) is 0.586. The maximum atomic E-state index is 6.61. The first kappa shape index (κ1) is 14.4. The lowest BCUT2D eigenvalue weighted by atomic mass is 9.96. The van der Waals surface area contributed by atoms with E-state index in [1.807, 2.05) is 6.07 Å². The second-order valence-electron chi connectivity index (χ2n) is 4.45. The van der Waals surface area contributed by atoms with Crippen molar-refractivity contribution in [2.24, 2.45) is 0 Å². The van der Waals surface area contributed by atoms with Gasteiger partial charge in [0.05, 0.1) is 14.2 Å². The Labute approximate surface area is 130 Å². The lowest BCUT2D eigenvalue weighted by Gasteiger charge is -2.15. The lowest BCUT2D eigenvalue weighted by molar-refractivity contribution is 1.10. The molecule has 0 radical (unpaired) electrons. The monoisotopic (exact) mass is 362 g/mol. The fourth-order valence-corrected chi connectivity index (χ4v) is 4.50. The van der Waals surface area contributed by atoms with Gasteiger partial charge in [-0.3, -0.25) is 0 Å². The Morgan fingerprint density at radius 2 is 1.67 bits per heavy atom. The van der Waals surface area contributed by atoms with Crippen molar-refractivity contribution in [3.05, 3.63) is 54.1 Å². The van der Waals surface area contributed by atoms with Crippen LogP contribution in [0.2, 0.25) is 5.02 Å². The van der Waals surface area contributed by atoms with E-state index in [1.54, 1.807) is 11.3 Å². The van der Waals surface area contributed by atoms with E-state index in [9.17, 15) is 0 Å². The summed E-state index contributed by atoms with van der Waals surface area (Å²) in [6.07, 6.45) is 0. The lowest BCUT2D eigenvalue weighted by Crippen LogP contribution is -1.98. The van der Waals surface area contributed by atoms with E-state index in [2.05, 4.69) is 48.8 Å². The second kappa shape index (κ2) is 5.54. The van der Waals surface area contributed by atoms with Gasteiger partial charge in [0, 0.05) is 4.88 Å². The van der Waals surface area contributed by atoms with Gasteiger partial charge in [0.1, 0.15) is 0 Å². The smallest absolute Gasteiger partial charge is 0.0933 e. The van der Waals surface area contributed by atoms with E-state index >= 15 is 0 Å². The highest BCUT2D eigenvalue weighted by Gasteiger charge is 2.19. The molecular formula is C14H13BrCl2S. The van der Waals surface area contributed by atoms with Gasteiger partial charge in [-0.05, 0) is 59.5 Å². The molecule has 0 bridgehead atoms. The van der Waals surface area contributed by atoms with E-state index in [4.69, 9.17) is 23.2 Å². The number of aryl methyl sites for hydroxylation is 3. The predicted molar refractivity (Wildman–Crippen MR) is 85.4 cm³/mol. The number of hydrogen-bond acceptors (Lipinski definition) is 1. The van der Waals surface area contributed by atoms with E-state index in [0.29, 0.717) is 0 Å². The number of rotatable bonds is 2. The minimum atomic E-state index is -0.139. The quantitative estimate of drug-likeness (QED) is 0.540. The van der Waals surface area contributed by atoms with Crippen molar-refractivity contribution >= 4 is 50.5 Å². The molecule has 1 aromatic carbocycles. The van der Waals surface area contributed by atoms with E-state index in [1.165, 1.54) is 22.3 Å². The van der Waals surface area contributed by atoms with Gasteiger partial charge in [-0.15, -0.1) is 22.9 Å². The van der Waals surface area contributed by atoms with E-state index < -0.39 is 0 Å². The molecule has 0 aliphatic rings. The Balaban J connectivity index is 2.49. The van der Waals surface area contributed by atoms with Crippen LogP contribution < -0.4 is 0 Å². The van der Waals surface area contributed by atoms with Crippen molar-refractivity contribution in [1.29, 1.82) is 0 Å². The molecule has 0 fully saturated rings. The molecule has 18 heavy (non-hydrogen) atoms. The second-order valence-corrected chi connectivity index (χ2v) is 7.69. The Bertz CT molecular complexity index is 547. The molecule has 0 aliphatic heterocycles. The highest BCUT2D eigenvalue weighted by atomic mass is 79.9. The topological polar surface area (TPSA) is 0 Å². The first-order valence-electron chi connectivity index (χ1n) is 5.56. The summed E-state index contributed by atoms with van der Waals surface area (Å²) < 4.78 is 0.937. The molecule has 0 saturated carbocycles. The van der Waals surface area contributed by atoms with Gasteiger partial charge >= 0.3 is 0 Å². The summed E-state index contributed by atoms with van der Waals surface area (Å²) in [7, 11) is 0. The summed E-state index contributed by atoms with van der Waals surface area (Å²) in [6, 6.07) is 6.27. The molecule has 96 valence electrons. The van der Waals surface area contributed by atoms with Crippen LogP contribution in [0.4, 0.5) is 0 Å². The Morgan fingerprint density at radius 1 is 1.11 bits per heavy atom. The average Bonchev–Trinajstić information content (AvgIpc) is 2.57. The summed E-state index contributed by atoms with van der Waals surface area (Å²) in [5.74, 6) is 0. The molecular weight excluding hydrogens is 351 g/mol. The first-order chi connectivity index (χ1) is 8.40. The van der Waals surface area contributed by atoms with Crippen molar-refractivity contribution in [1.82, 2.24) is 0 Å². The molecule has 1 atom stereocenters. The normalized spacial score (nSPS) is 12.8. The van der Waals surface area contributed by atoms with Crippen LogP contribution in [0, 0.1) is 20.8 Å². The third kappa shape index (κ3) is 2.77. The largest absolute Gasteiger partial charge is 0.130 e. The Hall–Kier alpha value is -0.0200. The van der Waals surface area contributed by atoms with Crippen LogP contribution in [-0.2, 0) is 0 Å². The number of hydrogen-bond donors (Lipinski definition) is 0. The van der Waals surface area contributed by atoms with Gasteiger partial charge in [-0.2, -0.15) is 0 Å². The number of halogens is 3. The third-order valence-corrected chi connectivity index (χ3v) is 6.03. The number of benzene rings is 1. The molecule has 0 spiro atoms. The molecule has 0 saturated heterocycles. The van der Waals surface area contributed by atoms with Crippen molar-refractivity contribution in [2.75, 3.05) is 0 Å². The minimum absolute atomic E-state index is 0.139. The van der Waals surface area contributed by atoms with Crippen LogP contribution in [0.15, 0.2) is 22.0 Å². The maximum Gasteiger partial charge on any atom is 0.0933 e. The molecule has 2 rings (SSSR count). The molecule has 0 N–H and O–H groups in total. The highest BCUT2D eigenvalue weighted by molar-refractivity contribution is 9.11. The molecule has 1 aromatic heterocycles. The maximum absolute atomic E-state index is 6.61. The van der Waals surface area contributed by atoms with Crippen molar-refractivity contribution in [3.63, 3.8) is 0 Å². The number of thiophene rings is 1. The molecule has 4 heteroatoms. The fourth-order valence-electron chi connectivity index (χ4n) is 2.22. The van der Waals surface area contributed by atoms with Crippen LogP contribution in [-0.4, -0.2) is 0 Å². The van der Waals surface area contributed by atoms with Gasteiger partial charge in [-0.25, -0.2) is 0 Å². The summed E-state index contributed by atoms with van der Waals surface area (Å²) in [4.78, 5) is 1.07. The highest BCUT2D eigenvalue weighted by Crippen LogP contribution is 2.42. The summed E-state index contributed by atoms with van der Waals surface area (Å²) in [6.45, 7) is 6.32. The SMILES string of the molecule is Cc1cc(C)c(C(Cl)c2cc(Cl)c(Br)s2)c(C)c1. The molecule has 1 heterocycles. The Morgan fingerprint density at radius 3 is 2.11 bits per heavy atom. The minimum Gasteiger partial charge on any atom is -0.130 e. The first-order valence-corrected chi connectivity index (χ1v) is 7.99. The van der Waals surface area contributed by atoms with E-state index in [0.717, 1.165) is 13.7 Å². The van der Waals surface area contributed by atoms with Crippen molar-refractivity contribution in [3.8, 4) is 0 Å². The van der Waals surface area contributed by atoms with Crippen LogP contribution in [0.25, 0.3) is 0 Å². The summed E-state index contributed by atoms with van der Waals surface area (Å²) in [5.41, 5.74) is 4.91. The van der Waals surface area contributed by atoms with Gasteiger partial charge < -0.3 is 0 Å². The van der Waals surface area contributed by atoms with Gasteiger partial charge in [0.15, 0.2) is 0 Å². The van der Waals surface area contributed by atoms with Gasteiger partial charge in [0.2, 0.25) is 0 Å². The zero-order valence-corrected chi connectivity index (χ0v) is 14.3. The van der Waals surface area contributed by atoms with Crippen LogP contribution in [0.5, 0.6) is 0 Å². The molecule has 0 nitrogen and oxygen atoms in total.